The zero-order valence-electron chi connectivity index (χ0n) is 8.37. The van der Waals surface area contributed by atoms with Crippen LogP contribution in [0.4, 0.5) is 0 Å². The molecule has 0 rings (SSSR count). The van der Waals surface area contributed by atoms with Crippen LogP contribution in [0.15, 0.2) is 0 Å². The smallest absolute Gasteiger partial charge is 0.306 e. The van der Waals surface area contributed by atoms with E-state index < -0.39 is 5.97 Å². The third kappa shape index (κ3) is 3.72. The monoisotopic (exact) mass is 173 g/mol. The molecule has 2 unspecified atom stereocenters. The molecule has 0 fully saturated rings. The molecular formula is C9H19NO2. The highest BCUT2D eigenvalue weighted by molar-refractivity contribution is 5.69. The fourth-order valence-electron chi connectivity index (χ4n) is 1.10. The first-order valence-electron chi connectivity index (χ1n) is 4.42. The number of carbonyl (C=O) groups is 1. The molecule has 0 bridgehead atoms. The standard InChI is InChI=1S/C9H19NO2/c1-5-10(4)8(3)6-7(2)9(11)12/h7-8H,5-6H2,1-4H3,(H,11,12). The van der Waals surface area contributed by atoms with Gasteiger partial charge in [-0.15, -0.1) is 0 Å². The van der Waals surface area contributed by atoms with Crippen LogP contribution in [0.5, 0.6) is 0 Å². The SMILES string of the molecule is CCN(C)C(C)CC(C)C(=O)O. The van der Waals surface area contributed by atoms with E-state index in [0.29, 0.717) is 6.04 Å². The van der Waals surface area contributed by atoms with Crippen molar-refractivity contribution in [2.75, 3.05) is 13.6 Å². The van der Waals surface area contributed by atoms with Gasteiger partial charge in [-0.25, -0.2) is 0 Å². The highest BCUT2D eigenvalue weighted by atomic mass is 16.4. The molecule has 0 aromatic rings. The minimum Gasteiger partial charge on any atom is -0.481 e. The summed E-state index contributed by atoms with van der Waals surface area (Å²) in [6.07, 6.45) is 0.722. The van der Waals surface area contributed by atoms with Gasteiger partial charge in [-0.2, -0.15) is 0 Å². The summed E-state index contributed by atoms with van der Waals surface area (Å²) in [5.74, 6) is -0.944. The maximum Gasteiger partial charge on any atom is 0.306 e. The summed E-state index contributed by atoms with van der Waals surface area (Å²) < 4.78 is 0. The van der Waals surface area contributed by atoms with Gasteiger partial charge < -0.3 is 10.0 Å². The average molecular weight is 173 g/mol. The molecule has 0 spiro atoms. The van der Waals surface area contributed by atoms with E-state index in [4.69, 9.17) is 5.11 Å². The Morgan fingerprint density at radius 2 is 2.00 bits per heavy atom. The van der Waals surface area contributed by atoms with Gasteiger partial charge in [0.1, 0.15) is 0 Å². The van der Waals surface area contributed by atoms with E-state index in [1.165, 1.54) is 0 Å². The molecule has 12 heavy (non-hydrogen) atoms. The molecule has 3 heteroatoms. The van der Waals surface area contributed by atoms with Gasteiger partial charge in [0.2, 0.25) is 0 Å². The molecule has 0 aromatic carbocycles. The number of carboxylic acid groups (broad SMARTS) is 1. The molecule has 0 aliphatic rings. The normalized spacial score (nSPS) is 16.1. The molecule has 0 saturated carbocycles. The van der Waals surface area contributed by atoms with Crippen molar-refractivity contribution in [3.8, 4) is 0 Å². The van der Waals surface area contributed by atoms with E-state index in [1.54, 1.807) is 6.92 Å². The van der Waals surface area contributed by atoms with Crippen molar-refractivity contribution >= 4 is 5.97 Å². The quantitative estimate of drug-likeness (QED) is 0.684. The van der Waals surface area contributed by atoms with Gasteiger partial charge in [-0.1, -0.05) is 13.8 Å². The Labute approximate surface area is 74.4 Å². The fourth-order valence-corrected chi connectivity index (χ4v) is 1.10. The Bertz CT molecular complexity index is 147. The zero-order chi connectivity index (χ0) is 9.72. The van der Waals surface area contributed by atoms with E-state index in [0.717, 1.165) is 13.0 Å². The second-order valence-corrected chi connectivity index (χ2v) is 3.40. The van der Waals surface area contributed by atoms with Crippen LogP contribution in [0.1, 0.15) is 27.2 Å². The van der Waals surface area contributed by atoms with E-state index in [1.807, 2.05) is 7.05 Å². The average Bonchev–Trinajstić information content (AvgIpc) is 2.02. The summed E-state index contributed by atoms with van der Waals surface area (Å²) in [5.41, 5.74) is 0. The van der Waals surface area contributed by atoms with Crippen LogP contribution in [-0.2, 0) is 4.79 Å². The van der Waals surface area contributed by atoms with Crippen LogP contribution in [0, 0.1) is 5.92 Å². The highest BCUT2D eigenvalue weighted by Gasteiger charge is 2.16. The Kier molecular flexibility index (Phi) is 4.90. The van der Waals surface area contributed by atoms with Crippen LogP contribution in [0.2, 0.25) is 0 Å². The molecule has 0 heterocycles. The van der Waals surface area contributed by atoms with E-state index in [-0.39, 0.29) is 5.92 Å². The molecule has 3 nitrogen and oxygen atoms in total. The number of rotatable bonds is 5. The van der Waals surface area contributed by atoms with Crippen molar-refractivity contribution in [1.82, 2.24) is 4.90 Å². The maximum absolute atomic E-state index is 10.5. The molecule has 2 atom stereocenters. The van der Waals surface area contributed by atoms with Crippen molar-refractivity contribution < 1.29 is 9.90 Å². The van der Waals surface area contributed by atoms with Gasteiger partial charge in [-0.3, -0.25) is 4.79 Å². The Morgan fingerprint density at radius 1 is 1.50 bits per heavy atom. The van der Waals surface area contributed by atoms with Crippen LogP contribution in [0.25, 0.3) is 0 Å². The van der Waals surface area contributed by atoms with Crippen LogP contribution < -0.4 is 0 Å². The summed E-state index contributed by atoms with van der Waals surface area (Å²) in [5, 5.41) is 8.67. The molecule has 0 aromatic heterocycles. The minimum atomic E-state index is -0.702. The summed E-state index contributed by atoms with van der Waals surface area (Å²) in [7, 11) is 2.01. The lowest BCUT2D eigenvalue weighted by molar-refractivity contribution is -0.141. The molecule has 1 N–H and O–H groups in total. The van der Waals surface area contributed by atoms with Crippen LogP contribution >= 0.6 is 0 Å². The molecule has 0 amide bonds. The summed E-state index contributed by atoms with van der Waals surface area (Å²) in [6.45, 7) is 6.85. The van der Waals surface area contributed by atoms with Crippen molar-refractivity contribution in [2.24, 2.45) is 5.92 Å². The van der Waals surface area contributed by atoms with Crippen LogP contribution in [-0.4, -0.2) is 35.6 Å². The maximum atomic E-state index is 10.5. The second kappa shape index (κ2) is 5.14. The van der Waals surface area contributed by atoms with Crippen molar-refractivity contribution in [2.45, 2.75) is 33.2 Å². The molecule has 0 radical (unpaired) electrons. The van der Waals surface area contributed by atoms with E-state index in [2.05, 4.69) is 18.7 Å². The number of hydrogen-bond donors (Lipinski definition) is 1. The molecular weight excluding hydrogens is 154 g/mol. The summed E-state index contributed by atoms with van der Waals surface area (Å²) in [6, 6.07) is 0.348. The Morgan fingerprint density at radius 3 is 2.33 bits per heavy atom. The number of hydrogen-bond acceptors (Lipinski definition) is 2. The zero-order valence-corrected chi connectivity index (χ0v) is 8.37. The van der Waals surface area contributed by atoms with Gasteiger partial charge in [-0.05, 0) is 26.9 Å². The fraction of sp³-hybridized carbons (Fsp3) is 0.889. The molecule has 72 valence electrons. The number of nitrogens with zero attached hydrogens (tertiary/aromatic N) is 1. The predicted octanol–water partition coefficient (Wildman–Crippen LogP) is 1.44. The Hall–Kier alpha value is -0.570. The van der Waals surface area contributed by atoms with Gasteiger partial charge in [0.05, 0.1) is 5.92 Å². The lowest BCUT2D eigenvalue weighted by atomic mass is 10.0. The first kappa shape index (κ1) is 11.4. The molecule has 0 aliphatic carbocycles. The number of carboxylic acids is 1. The topological polar surface area (TPSA) is 40.5 Å². The lowest BCUT2D eigenvalue weighted by Gasteiger charge is -2.24. The molecule has 0 aliphatic heterocycles. The second-order valence-electron chi connectivity index (χ2n) is 3.40. The largest absolute Gasteiger partial charge is 0.481 e. The van der Waals surface area contributed by atoms with E-state index in [9.17, 15) is 4.79 Å². The van der Waals surface area contributed by atoms with Gasteiger partial charge >= 0.3 is 5.97 Å². The van der Waals surface area contributed by atoms with Crippen molar-refractivity contribution in [3.63, 3.8) is 0 Å². The van der Waals surface area contributed by atoms with Gasteiger partial charge in [0, 0.05) is 6.04 Å². The summed E-state index contributed by atoms with van der Waals surface area (Å²) >= 11 is 0. The third-order valence-electron chi connectivity index (χ3n) is 2.37. The van der Waals surface area contributed by atoms with Crippen molar-refractivity contribution in [3.05, 3.63) is 0 Å². The number of aliphatic carboxylic acids is 1. The third-order valence-corrected chi connectivity index (χ3v) is 2.37. The van der Waals surface area contributed by atoms with Gasteiger partial charge in [0.25, 0.3) is 0 Å². The van der Waals surface area contributed by atoms with Crippen LogP contribution in [0.3, 0.4) is 0 Å². The van der Waals surface area contributed by atoms with E-state index >= 15 is 0 Å². The first-order chi connectivity index (χ1) is 5.49. The highest BCUT2D eigenvalue weighted by Crippen LogP contribution is 2.09. The first-order valence-corrected chi connectivity index (χ1v) is 4.42. The Balaban J connectivity index is 3.83. The lowest BCUT2D eigenvalue weighted by Crippen LogP contribution is -2.31. The van der Waals surface area contributed by atoms with Crippen molar-refractivity contribution in [1.29, 1.82) is 0 Å². The molecule has 0 saturated heterocycles. The predicted molar refractivity (Wildman–Crippen MR) is 49.2 cm³/mol. The summed E-state index contributed by atoms with van der Waals surface area (Å²) in [4.78, 5) is 12.7. The minimum absolute atomic E-state index is 0.242. The van der Waals surface area contributed by atoms with Gasteiger partial charge in [0.15, 0.2) is 0 Å².